The molecule has 0 bridgehead atoms. The van der Waals surface area contributed by atoms with Crippen molar-refractivity contribution in [1.29, 1.82) is 0 Å². The molecule has 1 aromatic carbocycles. The van der Waals surface area contributed by atoms with Gasteiger partial charge in [-0.15, -0.1) is 0 Å². The maximum atomic E-state index is 12.2. The zero-order valence-electron chi connectivity index (χ0n) is 11.8. The van der Waals surface area contributed by atoms with Crippen molar-refractivity contribution in [2.75, 3.05) is 7.11 Å². The molecule has 8 heteroatoms. The van der Waals surface area contributed by atoms with Crippen molar-refractivity contribution in [2.24, 2.45) is 0 Å². The average Bonchev–Trinajstić information content (AvgIpc) is 2.44. The number of carboxylic acids is 1. The highest BCUT2D eigenvalue weighted by molar-refractivity contribution is 9.10. The first-order valence-electron chi connectivity index (χ1n) is 6.46. The Bertz CT molecular complexity index is 540. The van der Waals surface area contributed by atoms with Crippen LogP contribution in [0.5, 0.6) is 5.75 Å². The number of benzene rings is 1. The van der Waals surface area contributed by atoms with Crippen LogP contribution in [0.1, 0.15) is 18.4 Å². The summed E-state index contributed by atoms with van der Waals surface area (Å²) in [7, 11) is 1.53. The van der Waals surface area contributed by atoms with Gasteiger partial charge in [-0.25, -0.2) is 13.6 Å². The molecule has 1 amide bonds. The standard InChI is InChI=1S/C14H16BrF2NO4/c1-22-11-4-2-8(6-9(11)15)3-5-13(19)18-10(14(20)21)7-12(16)17/h2,4,6,10,12H,3,5,7H2,1H3,(H,18,19)(H,20,21). The van der Waals surface area contributed by atoms with E-state index in [-0.39, 0.29) is 6.42 Å². The molecule has 0 aliphatic carbocycles. The number of methoxy groups -OCH3 is 1. The van der Waals surface area contributed by atoms with Gasteiger partial charge in [0.05, 0.1) is 11.6 Å². The molecular formula is C14H16BrF2NO4. The zero-order valence-corrected chi connectivity index (χ0v) is 13.4. The average molecular weight is 380 g/mol. The van der Waals surface area contributed by atoms with Gasteiger partial charge in [0.25, 0.3) is 0 Å². The van der Waals surface area contributed by atoms with Crippen LogP contribution in [0.25, 0.3) is 0 Å². The lowest BCUT2D eigenvalue weighted by atomic mass is 10.1. The van der Waals surface area contributed by atoms with Crippen LogP contribution < -0.4 is 10.1 Å². The van der Waals surface area contributed by atoms with Gasteiger partial charge in [0.1, 0.15) is 11.8 Å². The number of rotatable bonds is 8. The summed E-state index contributed by atoms with van der Waals surface area (Å²) in [5.41, 5.74) is 0.837. The molecule has 0 spiro atoms. The Balaban J connectivity index is 2.54. The van der Waals surface area contributed by atoms with Crippen molar-refractivity contribution >= 4 is 27.8 Å². The highest BCUT2D eigenvalue weighted by Crippen LogP contribution is 2.25. The van der Waals surface area contributed by atoms with Crippen LogP contribution in [-0.4, -0.2) is 36.6 Å². The minimum Gasteiger partial charge on any atom is -0.496 e. The maximum absolute atomic E-state index is 12.2. The van der Waals surface area contributed by atoms with E-state index in [1.807, 2.05) is 0 Å². The fraction of sp³-hybridized carbons (Fsp3) is 0.429. The van der Waals surface area contributed by atoms with E-state index >= 15 is 0 Å². The van der Waals surface area contributed by atoms with Crippen LogP contribution in [0, 0.1) is 0 Å². The van der Waals surface area contributed by atoms with Crippen LogP contribution in [0.4, 0.5) is 8.78 Å². The molecule has 0 aliphatic rings. The molecular weight excluding hydrogens is 364 g/mol. The third kappa shape index (κ3) is 5.97. The van der Waals surface area contributed by atoms with Gasteiger partial charge >= 0.3 is 5.97 Å². The van der Waals surface area contributed by atoms with Crippen LogP contribution in [0.3, 0.4) is 0 Å². The van der Waals surface area contributed by atoms with Gasteiger partial charge < -0.3 is 15.2 Å². The molecule has 0 heterocycles. The van der Waals surface area contributed by atoms with E-state index in [0.29, 0.717) is 12.2 Å². The first kappa shape index (κ1) is 18.3. The molecule has 1 atom stereocenters. The molecule has 5 nitrogen and oxygen atoms in total. The van der Waals surface area contributed by atoms with Crippen LogP contribution in [0.15, 0.2) is 22.7 Å². The van der Waals surface area contributed by atoms with Crippen molar-refractivity contribution in [3.05, 3.63) is 28.2 Å². The Hall–Kier alpha value is -1.70. The molecule has 1 rings (SSSR count). The monoisotopic (exact) mass is 379 g/mol. The summed E-state index contributed by atoms with van der Waals surface area (Å²) >= 11 is 3.31. The second-order valence-corrected chi connectivity index (χ2v) is 5.41. The smallest absolute Gasteiger partial charge is 0.326 e. The number of ether oxygens (including phenoxy) is 1. The predicted octanol–water partition coefficient (Wildman–Crippen LogP) is 2.61. The summed E-state index contributed by atoms with van der Waals surface area (Å²) < 4.78 is 30.3. The quantitative estimate of drug-likeness (QED) is 0.727. The third-order valence-corrected chi connectivity index (χ3v) is 3.52. The van der Waals surface area contributed by atoms with E-state index in [1.54, 1.807) is 18.2 Å². The number of halogens is 3. The summed E-state index contributed by atoms with van der Waals surface area (Å²) in [4.78, 5) is 22.5. The number of alkyl halides is 2. The Kier molecular flexibility index (Phi) is 7.23. The second-order valence-electron chi connectivity index (χ2n) is 4.55. The van der Waals surface area contributed by atoms with Crippen molar-refractivity contribution in [3.63, 3.8) is 0 Å². The maximum Gasteiger partial charge on any atom is 0.326 e. The molecule has 1 aromatic rings. The van der Waals surface area contributed by atoms with Gasteiger partial charge in [0.2, 0.25) is 12.3 Å². The Morgan fingerprint density at radius 2 is 2.09 bits per heavy atom. The molecule has 0 aliphatic heterocycles. The van der Waals surface area contributed by atoms with Crippen molar-refractivity contribution in [2.45, 2.75) is 31.7 Å². The Morgan fingerprint density at radius 1 is 1.41 bits per heavy atom. The molecule has 0 radical (unpaired) electrons. The summed E-state index contributed by atoms with van der Waals surface area (Å²) in [5, 5.41) is 10.9. The number of carbonyl (C=O) groups is 2. The Labute approximate surface area is 134 Å². The number of hydrogen-bond acceptors (Lipinski definition) is 3. The summed E-state index contributed by atoms with van der Waals surface area (Å²) in [6, 6.07) is 3.70. The van der Waals surface area contributed by atoms with Crippen molar-refractivity contribution in [1.82, 2.24) is 5.32 Å². The van der Waals surface area contributed by atoms with Crippen LogP contribution >= 0.6 is 15.9 Å². The lowest BCUT2D eigenvalue weighted by Gasteiger charge is -2.14. The van der Waals surface area contributed by atoms with Gasteiger partial charge in [0.15, 0.2) is 0 Å². The van der Waals surface area contributed by atoms with Gasteiger partial charge in [-0.05, 0) is 40.0 Å². The fourth-order valence-corrected chi connectivity index (χ4v) is 2.38. The molecule has 1 unspecified atom stereocenters. The van der Waals surface area contributed by atoms with Gasteiger partial charge in [-0.1, -0.05) is 6.07 Å². The number of amides is 1. The van der Waals surface area contributed by atoms with E-state index in [4.69, 9.17) is 9.84 Å². The predicted molar refractivity (Wildman–Crippen MR) is 79.2 cm³/mol. The SMILES string of the molecule is COc1ccc(CCC(=O)NC(CC(F)F)C(=O)O)cc1Br. The number of hydrogen-bond donors (Lipinski definition) is 2. The van der Waals surface area contributed by atoms with Crippen LogP contribution in [0.2, 0.25) is 0 Å². The van der Waals surface area contributed by atoms with E-state index in [9.17, 15) is 18.4 Å². The highest BCUT2D eigenvalue weighted by Gasteiger charge is 2.23. The normalized spacial score (nSPS) is 12.0. The van der Waals surface area contributed by atoms with Gasteiger partial charge in [-0.2, -0.15) is 0 Å². The van der Waals surface area contributed by atoms with E-state index < -0.39 is 30.8 Å². The number of carboxylic acid groups (broad SMARTS) is 1. The number of carbonyl (C=O) groups excluding carboxylic acids is 1. The highest BCUT2D eigenvalue weighted by atomic mass is 79.9. The zero-order chi connectivity index (χ0) is 16.7. The van der Waals surface area contributed by atoms with Crippen molar-refractivity contribution in [3.8, 4) is 5.75 Å². The minimum absolute atomic E-state index is 0.00574. The van der Waals surface area contributed by atoms with E-state index in [2.05, 4.69) is 21.2 Å². The third-order valence-electron chi connectivity index (χ3n) is 2.90. The minimum atomic E-state index is -2.79. The first-order valence-corrected chi connectivity index (χ1v) is 7.25. The van der Waals surface area contributed by atoms with Crippen molar-refractivity contribution < 1.29 is 28.2 Å². The summed E-state index contributed by atoms with van der Waals surface area (Å²) in [5.74, 6) is -1.41. The fourth-order valence-electron chi connectivity index (χ4n) is 1.79. The van der Waals surface area contributed by atoms with Gasteiger partial charge in [-0.3, -0.25) is 4.79 Å². The topological polar surface area (TPSA) is 75.6 Å². The van der Waals surface area contributed by atoms with E-state index in [1.165, 1.54) is 7.11 Å². The summed E-state index contributed by atoms with van der Waals surface area (Å²) in [6.07, 6.45) is -3.34. The molecule has 22 heavy (non-hydrogen) atoms. The number of nitrogens with one attached hydrogen (secondary N) is 1. The number of aliphatic carboxylic acids is 1. The van der Waals surface area contributed by atoms with E-state index in [0.717, 1.165) is 10.0 Å². The van der Waals surface area contributed by atoms with Crippen LogP contribution in [-0.2, 0) is 16.0 Å². The Morgan fingerprint density at radius 3 is 2.59 bits per heavy atom. The summed E-state index contributed by atoms with van der Waals surface area (Å²) in [6.45, 7) is 0. The second kappa shape index (κ2) is 8.67. The molecule has 0 aromatic heterocycles. The lowest BCUT2D eigenvalue weighted by Crippen LogP contribution is -2.42. The lowest BCUT2D eigenvalue weighted by molar-refractivity contribution is -0.143. The molecule has 122 valence electrons. The first-order chi connectivity index (χ1) is 10.3. The molecule has 0 saturated heterocycles. The number of aryl methyl sites for hydroxylation is 1. The molecule has 2 N–H and O–H groups in total. The molecule has 0 fully saturated rings. The van der Waals surface area contributed by atoms with Gasteiger partial charge in [0, 0.05) is 12.8 Å². The molecule has 0 saturated carbocycles. The largest absolute Gasteiger partial charge is 0.496 e.